The van der Waals surface area contributed by atoms with Gasteiger partial charge in [0.15, 0.2) is 0 Å². The molecule has 76 valence electrons. The Balaban J connectivity index is 2.39. The molecule has 1 fully saturated rings. The number of hydrogen-bond donors (Lipinski definition) is 1. The largest absolute Gasteiger partial charge is 0.469 e. The number of piperidine rings is 1. The lowest BCUT2D eigenvalue weighted by Gasteiger charge is -2.28. The Morgan fingerprint density at radius 3 is 2.92 bits per heavy atom. The fourth-order valence-electron chi connectivity index (χ4n) is 1.49. The number of rotatable bonds is 2. The van der Waals surface area contributed by atoms with E-state index in [4.69, 9.17) is 0 Å². The minimum atomic E-state index is -2.68. The summed E-state index contributed by atoms with van der Waals surface area (Å²) in [6.07, 6.45) is -0.159. The maximum atomic E-state index is 12.8. The van der Waals surface area contributed by atoms with Gasteiger partial charge < -0.3 is 10.1 Å². The Bertz CT molecular complexity index is 197. The SMILES string of the molecule is COC(=O)C[C@H]1CNCC(F)(F)C1. The van der Waals surface area contributed by atoms with Crippen LogP contribution in [-0.4, -0.2) is 32.1 Å². The van der Waals surface area contributed by atoms with Crippen LogP contribution in [0.15, 0.2) is 0 Å². The average Bonchev–Trinajstić information content (AvgIpc) is 2.02. The van der Waals surface area contributed by atoms with Gasteiger partial charge in [0.2, 0.25) is 0 Å². The summed E-state index contributed by atoms with van der Waals surface area (Å²) in [4.78, 5) is 10.8. The van der Waals surface area contributed by atoms with Crippen molar-refractivity contribution in [3.05, 3.63) is 0 Å². The predicted molar refractivity (Wildman–Crippen MR) is 42.6 cm³/mol. The summed E-state index contributed by atoms with van der Waals surface area (Å²) in [6, 6.07) is 0. The van der Waals surface area contributed by atoms with E-state index in [9.17, 15) is 13.6 Å². The molecule has 0 radical (unpaired) electrons. The van der Waals surface area contributed by atoms with Crippen LogP contribution in [0.3, 0.4) is 0 Å². The zero-order chi connectivity index (χ0) is 9.90. The van der Waals surface area contributed by atoms with Crippen molar-refractivity contribution in [1.29, 1.82) is 0 Å². The summed E-state index contributed by atoms with van der Waals surface area (Å²) in [5.41, 5.74) is 0. The van der Waals surface area contributed by atoms with Crippen LogP contribution < -0.4 is 5.32 Å². The van der Waals surface area contributed by atoms with Crippen molar-refractivity contribution < 1.29 is 18.3 Å². The molecule has 3 nitrogen and oxygen atoms in total. The normalized spacial score (nSPS) is 26.8. The summed E-state index contributed by atoms with van der Waals surface area (Å²) >= 11 is 0. The number of carbonyl (C=O) groups excluding carboxylic acids is 1. The lowest BCUT2D eigenvalue weighted by molar-refractivity contribution is -0.142. The van der Waals surface area contributed by atoms with Gasteiger partial charge in [-0.05, 0) is 12.5 Å². The Kier molecular flexibility index (Phi) is 3.19. The van der Waals surface area contributed by atoms with E-state index in [2.05, 4.69) is 10.1 Å². The summed E-state index contributed by atoms with van der Waals surface area (Å²) in [7, 11) is 1.26. The van der Waals surface area contributed by atoms with Crippen LogP contribution in [0.2, 0.25) is 0 Å². The number of carbonyl (C=O) groups is 1. The van der Waals surface area contributed by atoms with E-state index in [0.717, 1.165) is 0 Å². The highest BCUT2D eigenvalue weighted by atomic mass is 19.3. The molecule has 0 spiro atoms. The molecule has 5 heteroatoms. The topological polar surface area (TPSA) is 38.3 Å². The molecule has 0 saturated carbocycles. The Morgan fingerprint density at radius 1 is 1.69 bits per heavy atom. The van der Waals surface area contributed by atoms with Crippen molar-refractivity contribution in [2.24, 2.45) is 5.92 Å². The van der Waals surface area contributed by atoms with Crippen LogP contribution in [0, 0.1) is 5.92 Å². The van der Waals surface area contributed by atoms with Crippen LogP contribution in [-0.2, 0) is 9.53 Å². The summed E-state index contributed by atoms with van der Waals surface area (Å²) in [5.74, 6) is -3.42. The lowest BCUT2D eigenvalue weighted by Crippen LogP contribution is -2.44. The Labute approximate surface area is 75.4 Å². The van der Waals surface area contributed by atoms with Crippen molar-refractivity contribution in [2.45, 2.75) is 18.8 Å². The molecule has 13 heavy (non-hydrogen) atoms. The van der Waals surface area contributed by atoms with E-state index < -0.39 is 11.9 Å². The first-order valence-corrected chi connectivity index (χ1v) is 4.19. The van der Waals surface area contributed by atoms with Gasteiger partial charge in [0.1, 0.15) is 0 Å². The molecule has 1 N–H and O–H groups in total. The number of nitrogens with one attached hydrogen (secondary N) is 1. The van der Waals surface area contributed by atoms with Crippen LogP contribution in [0.25, 0.3) is 0 Å². The Morgan fingerprint density at radius 2 is 2.38 bits per heavy atom. The highest BCUT2D eigenvalue weighted by Gasteiger charge is 2.36. The minimum absolute atomic E-state index is 0.0685. The zero-order valence-corrected chi connectivity index (χ0v) is 7.48. The first kappa shape index (κ1) is 10.4. The number of hydrogen-bond acceptors (Lipinski definition) is 3. The van der Waals surface area contributed by atoms with E-state index in [-0.39, 0.29) is 25.3 Å². The number of ether oxygens (including phenoxy) is 1. The zero-order valence-electron chi connectivity index (χ0n) is 7.48. The minimum Gasteiger partial charge on any atom is -0.469 e. The molecule has 0 aromatic rings. The second kappa shape index (κ2) is 4.00. The Hall–Kier alpha value is -0.710. The third-order valence-corrected chi connectivity index (χ3v) is 2.09. The van der Waals surface area contributed by atoms with Gasteiger partial charge in [0.25, 0.3) is 5.92 Å². The van der Waals surface area contributed by atoms with E-state index in [1.165, 1.54) is 7.11 Å². The number of halogens is 2. The predicted octanol–water partition coefficient (Wildman–Crippen LogP) is 0.794. The van der Waals surface area contributed by atoms with Gasteiger partial charge in [-0.15, -0.1) is 0 Å². The van der Waals surface area contributed by atoms with Crippen molar-refractivity contribution in [2.75, 3.05) is 20.2 Å². The summed E-state index contributed by atoms with van der Waals surface area (Å²) in [6.45, 7) is 0.176. The molecule has 0 unspecified atom stereocenters. The molecule has 0 aromatic carbocycles. The first-order valence-electron chi connectivity index (χ1n) is 4.19. The molecule has 1 aliphatic rings. The monoisotopic (exact) mass is 193 g/mol. The van der Waals surface area contributed by atoms with Crippen molar-refractivity contribution >= 4 is 5.97 Å². The highest BCUT2D eigenvalue weighted by molar-refractivity contribution is 5.69. The number of methoxy groups -OCH3 is 1. The van der Waals surface area contributed by atoms with E-state index in [1.54, 1.807) is 0 Å². The van der Waals surface area contributed by atoms with Gasteiger partial charge in [-0.1, -0.05) is 0 Å². The van der Waals surface area contributed by atoms with Gasteiger partial charge in [-0.25, -0.2) is 8.78 Å². The van der Waals surface area contributed by atoms with Crippen LogP contribution >= 0.6 is 0 Å². The molecule has 1 atom stereocenters. The molecule has 1 saturated heterocycles. The number of esters is 1. The van der Waals surface area contributed by atoms with Gasteiger partial charge in [0.05, 0.1) is 13.7 Å². The summed E-state index contributed by atoms with van der Waals surface area (Å²) in [5, 5.41) is 2.60. The van der Waals surface area contributed by atoms with E-state index >= 15 is 0 Å². The van der Waals surface area contributed by atoms with Crippen LogP contribution in [0.4, 0.5) is 8.78 Å². The molecular weight excluding hydrogens is 180 g/mol. The van der Waals surface area contributed by atoms with Crippen LogP contribution in [0.1, 0.15) is 12.8 Å². The molecule has 0 bridgehead atoms. The van der Waals surface area contributed by atoms with Crippen molar-refractivity contribution in [3.63, 3.8) is 0 Å². The molecule has 1 heterocycles. The summed E-state index contributed by atoms with van der Waals surface area (Å²) < 4.78 is 30.0. The van der Waals surface area contributed by atoms with E-state index in [1.807, 2.05) is 0 Å². The van der Waals surface area contributed by atoms with Crippen LogP contribution in [0.5, 0.6) is 0 Å². The molecule has 1 rings (SSSR count). The highest BCUT2D eigenvalue weighted by Crippen LogP contribution is 2.27. The lowest BCUT2D eigenvalue weighted by atomic mass is 9.94. The fraction of sp³-hybridized carbons (Fsp3) is 0.875. The van der Waals surface area contributed by atoms with Crippen molar-refractivity contribution in [3.8, 4) is 0 Å². The molecule has 0 amide bonds. The molecule has 0 aromatic heterocycles. The number of alkyl halides is 2. The van der Waals surface area contributed by atoms with Gasteiger partial charge in [0, 0.05) is 12.8 Å². The second-order valence-corrected chi connectivity index (χ2v) is 3.34. The van der Waals surface area contributed by atoms with E-state index in [0.29, 0.717) is 6.54 Å². The maximum absolute atomic E-state index is 12.8. The van der Waals surface area contributed by atoms with Gasteiger partial charge >= 0.3 is 5.97 Å². The second-order valence-electron chi connectivity index (χ2n) is 3.34. The quantitative estimate of drug-likeness (QED) is 0.659. The third-order valence-electron chi connectivity index (χ3n) is 2.09. The fourth-order valence-corrected chi connectivity index (χ4v) is 1.49. The average molecular weight is 193 g/mol. The molecule has 1 aliphatic heterocycles. The van der Waals surface area contributed by atoms with Crippen molar-refractivity contribution in [1.82, 2.24) is 5.32 Å². The maximum Gasteiger partial charge on any atom is 0.305 e. The third kappa shape index (κ3) is 3.26. The van der Waals surface area contributed by atoms with Gasteiger partial charge in [-0.2, -0.15) is 0 Å². The molecule has 0 aliphatic carbocycles. The van der Waals surface area contributed by atoms with Gasteiger partial charge in [-0.3, -0.25) is 4.79 Å². The standard InChI is InChI=1S/C8H13F2NO2/c1-13-7(12)2-6-3-8(9,10)5-11-4-6/h6,11H,2-5H2,1H3/t6-/m1/s1. The first-order chi connectivity index (χ1) is 6.03. The smallest absolute Gasteiger partial charge is 0.305 e. The molecular formula is C8H13F2NO2.